The number of rotatable bonds is 5. The molecule has 1 aromatic heterocycles. The SMILES string of the molecule is CC1CC(C(=O)O)CN(CC(=O)Nc2nc(-c3ccc(F)cc3)cs2)C1. The van der Waals surface area contributed by atoms with Crippen molar-refractivity contribution < 1.29 is 19.1 Å². The van der Waals surface area contributed by atoms with Crippen LogP contribution in [0.2, 0.25) is 0 Å². The third-order valence-corrected chi connectivity index (χ3v) is 5.10. The Morgan fingerprint density at radius 3 is 2.77 bits per heavy atom. The van der Waals surface area contributed by atoms with Gasteiger partial charge in [-0.15, -0.1) is 11.3 Å². The minimum absolute atomic E-state index is 0.138. The van der Waals surface area contributed by atoms with Gasteiger partial charge < -0.3 is 10.4 Å². The largest absolute Gasteiger partial charge is 0.481 e. The lowest BCUT2D eigenvalue weighted by Gasteiger charge is -2.33. The van der Waals surface area contributed by atoms with Crippen LogP contribution >= 0.6 is 11.3 Å². The molecule has 2 N–H and O–H groups in total. The van der Waals surface area contributed by atoms with Crippen molar-refractivity contribution in [2.24, 2.45) is 11.8 Å². The lowest BCUT2D eigenvalue weighted by molar-refractivity contribution is -0.144. The normalized spacial score (nSPS) is 20.7. The van der Waals surface area contributed by atoms with Crippen molar-refractivity contribution in [2.45, 2.75) is 13.3 Å². The number of aromatic nitrogens is 1. The van der Waals surface area contributed by atoms with Gasteiger partial charge in [0.2, 0.25) is 5.91 Å². The molecule has 0 aliphatic carbocycles. The number of hydrogen-bond donors (Lipinski definition) is 2. The zero-order chi connectivity index (χ0) is 18.7. The van der Waals surface area contributed by atoms with Crippen molar-refractivity contribution in [3.05, 3.63) is 35.5 Å². The van der Waals surface area contributed by atoms with Crippen molar-refractivity contribution in [1.29, 1.82) is 0 Å². The molecule has 26 heavy (non-hydrogen) atoms. The minimum atomic E-state index is -0.814. The molecular weight excluding hydrogens is 357 g/mol. The smallest absolute Gasteiger partial charge is 0.307 e. The van der Waals surface area contributed by atoms with Gasteiger partial charge in [0.25, 0.3) is 0 Å². The second kappa shape index (κ2) is 7.92. The van der Waals surface area contributed by atoms with Crippen LogP contribution in [-0.4, -0.2) is 46.5 Å². The summed E-state index contributed by atoms with van der Waals surface area (Å²) in [5.41, 5.74) is 1.44. The van der Waals surface area contributed by atoms with Crippen LogP contribution in [0.1, 0.15) is 13.3 Å². The number of piperidine rings is 1. The summed E-state index contributed by atoms with van der Waals surface area (Å²) in [4.78, 5) is 29.7. The number of nitrogens with one attached hydrogen (secondary N) is 1. The molecule has 3 rings (SSSR count). The Morgan fingerprint density at radius 2 is 2.08 bits per heavy atom. The Bertz CT molecular complexity index is 793. The Morgan fingerprint density at radius 1 is 1.35 bits per heavy atom. The standard InChI is InChI=1S/C18H20FN3O3S/c1-11-6-13(17(24)25)8-22(7-11)9-16(23)21-18-20-15(10-26-18)12-2-4-14(19)5-3-12/h2-5,10-11,13H,6-9H2,1H3,(H,24,25)(H,20,21,23). The average Bonchev–Trinajstić information content (AvgIpc) is 3.03. The topological polar surface area (TPSA) is 82.5 Å². The van der Waals surface area contributed by atoms with E-state index in [4.69, 9.17) is 0 Å². The molecule has 8 heteroatoms. The number of carboxylic acids is 1. The van der Waals surface area contributed by atoms with Crippen LogP contribution in [0.5, 0.6) is 0 Å². The molecule has 1 saturated heterocycles. The van der Waals surface area contributed by atoms with Crippen molar-refractivity contribution >= 4 is 28.3 Å². The monoisotopic (exact) mass is 377 g/mol. The highest BCUT2D eigenvalue weighted by atomic mass is 32.1. The molecule has 1 amide bonds. The molecule has 2 aromatic rings. The first kappa shape index (κ1) is 18.5. The van der Waals surface area contributed by atoms with E-state index in [2.05, 4.69) is 10.3 Å². The number of amides is 1. The van der Waals surface area contributed by atoms with Gasteiger partial charge in [0.15, 0.2) is 5.13 Å². The van der Waals surface area contributed by atoms with Crippen molar-refractivity contribution in [2.75, 3.05) is 25.0 Å². The fourth-order valence-electron chi connectivity index (χ4n) is 3.22. The fraction of sp³-hybridized carbons (Fsp3) is 0.389. The van der Waals surface area contributed by atoms with Crippen molar-refractivity contribution in [3.63, 3.8) is 0 Å². The molecule has 2 atom stereocenters. The number of hydrogen-bond acceptors (Lipinski definition) is 5. The fourth-order valence-corrected chi connectivity index (χ4v) is 3.95. The van der Waals surface area contributed by atoms with Gasteiger partial charge in [-0.25, -0.2) is 9.37 Å². The third kappa shape index (κ3) is 4.64. The van der Waals surface area contributed by atoms with E-state index in [1.165, 1.54) is 23.5 Å². The molecule has 2 unspecified atom stereocenters. The van der Waals surface area contributed by atoms with Gasteiger partial charge in [0.05, 0.1) is 18.2 Å². The van der Waals surface area contributed by atoms with E-state index in [1.807, 2.05) is 11.8 Å². The summed E-state index contributed by atoms with van der Waals surface area (Å²) in [6.45, 7) is 3.22. The molecule has 0 bridgehead atoms. The van der Waals surface area contributed by atoms with Gasteiger partial charge in [0, 0.05) is 24.0 Å². The number of halogens is 1. The van der Waals surface area contributed by atoms with E-state index in [0.717, 1.165) is 5.56 Å². The van der Waals surface area contributed by atoms with Gasteiger partial charge in [0.1, 0.15) is 5.82 Å². The summed E-state index contributed by atoms with van der Waals surface area (Å²) in [5, 5.41) is 14.2. The molecule has 1 aromatic carbocycles. The number of likely N-dealkylation sites (tertiary alicyclic amines) is 1. The highest BCUT2D eigenvalue weighted by Crippen LogP contribution is 2.25. The highest BCUT2D eigenvalue weighted by Gasteiger charge is 2.30. The van der Waals surface area contributed by atoms with Crippen LogP contribution < -0.4 is 5.32 Å². The van der Waals surface area contributed by atoms with Crippen molar-refractivity contribution in [1.82, 2.24) is 9.88 Å². The van der Waals surface area contributed by atoms with E-state index in [-0.39, 0.29) is 24.2 Å². The molecule has 0 saturated carbocycles. The summed E-state index contributed by atoms with van der Waals surface area (Å²) in [6.07, 6.45) is 0.640. The van der Waals surface area contributed by atoms with Crippen LogP contribution in [0.25, 0.3) is 11.3 Å². The van der Waals surface area contributed by atoms with E-state index in [1.54, 1.807) is 17.5 Å². The van der Waals surface area contributed by atoms with E-state index in [0.29, 0.717) is 30.3 Å². The van der Waals surface area contributed by atoms with E-state index >= 15 is 0 Å². The van der Waals surface area contributed by atoms with Gasteiger partial charge in [-0.2, -0.15) is 0 Å². The number of anilines is 1. The van der Waals surface area contributed by atoms with Gasteiger partial charge >= 0.3 is 5.97 Å². The Kier molecular flexibility index (Phi) is 5.63. The number of carboxylic acid groups (broad SMARTS) is 1. The predicted octanol–water partition coefficient (Wildman–Crippen LogP) is 2.93. The maximum atomic E-state index is 13.0. The average molecular weight is 377 g/mol. The second-order valence-electron chi connectivity index (χ2n) is 6.66. The first-order chi connectivity index (χ1) is 12.4. The molecule has 1 aliphatic heterocycles. The molecule has 0 spiro atoms. The molecule has 6 nitrogen and oxygen atoms in total. The third-order valence-electron chi connectivity index (χ3n) is 4.34. The summed E-state index contributed by atoms with van der Waals surface area (Å²) in [5.74, 6) is -1.54. The minimum Gasteiger partial charge on any atom is -0.481 e. The zero-order valence-corrected chi connectivity index (χ0v) is 15.1. The second-order valence-corrected chi connectivity index (χ2v) is 7.52. The first-order valence-corrected chi connectivity index (χ1v) is 9.25. The molecule has 1 fully saturated rings. The molecule has 0 radical (unpaired) electrons. The van der Waals surface area contributed by atoms with Crippen LogP contribution in [0.15, 0.2) is 29.6 Å². The van der Waals surface area contributed by atoms with Crippen LogP contribution in [0.3, 0.4) is 0 Å². The molecule has 138 valence electrons. The van der Waals surface area contributed by atoms with Crippen LogP contribution in [0.4, 0.5) is 9.52 Å². The summed E-state index contributed by atoms with van der Waals surface area (Å²) in [7, 11) is 0. The van der Waals surface area contributed by atoms with Gasteiger partial charge in [-0.3, -0.25) is 14.5 Å². The van der Waals surface area contributed by atoms with E-state index in [9.17, 15) is 19.1 Å². The number of carbonyl (C=O) groups excluding carboxylic acids is 1. The zero-order valence-electron chi connectivity index (χ0n) is 14.3. The Balaban J connectivity index is 1.58. The molecule has 1 aliphatic rings. The van der Waals surface area contributed by atoms with Crippen LogP contribution in [-0.2, 0) is 9.59 Å². The van der Waals surface area contributed by atoms with E-state index < -0.39 is 11.9 Å². The quantitative estimate of drug-likeness (QED) is 0.837. The Labute approximate surface area is 154 Å². The lowest BCUT2D eigenvalue weighted by Crippen LogP contribution is -2.45. The Hall–Kier alpha value is -2.32. The first-order valence-electron chi connectivity index (χ1n) is 8.37. The summed E-state index contributed by atoms with van der Waals surface area (Å²) >= 11 is 1.30. The summed E-state index contributed by atoms with van der Waals surface area (Å²) in [6, 6.07) is 6.00. The maximum absolute atomic E-state index is 13.0. The molecule has 2 heterocycles. The van der Waals surface area contributed by atoms with Gasteiger partial charge in [-0.05, 0) is 36.6 Å². The highest BCUT2D eigenvalue weighted by molar-refractivity contribution is 7.14. The maximum Gasteiger partial charge on any atom is 0.307 e. The van der Waals surface area contributed by atoms with Crippen LogP contribution in [0, 0.1) is 17.7 Å². The lowest BCUT2D eigenvalue weighted by atomic mass is 9.90. The predicted molar refractivity (Wildman–Crippen MR) is 97.5 cm³/mol. The number of nitrogens with zero attached hydrogens (tertiary/aromatic N) is 2. The number of thiazole rings is 1. The number of carbonyl (C=O) groups is 2. The summed E-state index contributed by atoms with van der Waals surface area (Å²) < 4.78 is 13.0. The number of benzene rings is 1. The molecular formula is C18H20FN3O3S. The number of aliphatic carboxylic acids is 1. The van der Waals surface area contributed by atoms with Crippen molar-refractivity contribution in [3.8, 4) is 11.3 Å². The van der Waals surface area contributed by atoms with Gasteiger partial charge in [-0.1, -0.05) is 6.92 Å².